The van der Waals surface area contributed by atoms with Crippen molar-refractivity contribution in [2.75, 3.05) is 46.4 Å². The van der Waals surface area contributed by atoms with E-state index in [-0.39, 0.29) is 6.04 Å². The van der Waals surface area contributed by atoms with E-state index >= 15 is 0 Å². The molecule has 0 aromatic rings. The summed E-state index contributed by atoms with van der Waals surface area (Å²) in [5, 5.41) is 0. The van der Waals surface area contributed by atoms with E-state index in [4.69, 9.17) is 4.74 Å². The molecule has 6 nitrogen and oxygen atoms in total. The molecule has 0 amide bonds. The minimum Gasteiger partial charge on any atom is -0.377 e. The molecule has 0 spiro atoms. The van der Waals surface area contributed by atoms with Crippen LogP contribution in [0.5, 0.6) is 0 Å². The first-order valence-electron chi connectivity index (χ1n) is 7.98. The Morgan fingerprint density at radius 1 is 1.19 bits per heavy atom. The largest absolute Gasteiger partial charge is 0.377 e. The average Bonchev–Trinajstić information content (AvgIpc) is 2.81. The maximum absolute atomic E-state index is 12.5. The molecule has 2 rings (SSSR count). The number of rotatable bonds is 5. The van der Waals surface area contributed by atoms with Gasteiger partial charge in [0.15, 0.2) is 0 Å². The maximum Gasteiger partial charge on any atom is 0.282 e. The molecule has 2 aliphatic rings. The van der Waals surface area contributed by atoms with Crippen LogP contribution in [0.3, 0.4) is 0 Å². The molecule has 0 N–H and O–H groups in total. The Balaban J connectivity index is 1.90. The third-order valence-corrected chi connectivity index (χ3v) is 6.62. The van der Waals surface area contributed by atoms with Crippen LogP contribution >= 0.6 is 0 Å². The summed E-state index contributed by atoms with van der Waals surface area (Å²) in [5.41, 5.74) is 0. The fourth-order valence-electron chi connectivity index (χ4n) is 2.89. The molecule has 0 saturated carbocycles. The van der Waals surface area contributed by atoms with Gasteiger partial charge in [-0.05, 0) is 39.7 Å². The molecule has 0 aromatic heterocycles. The standard InChI is InChI=1S/C14H29N3O3S/c1-13(2)15(3)21(18,19)17-8-5-7-16(9-10-17)12-14-6-4-11-20-14/h13-14H,4-12H2,1-3H3/t14-/m0/s1. The summed E-state index contributed by atoms with van der Waals surface area (Å²) >= 11 is 0. The van der Waals surface area contributed by atoms with Crippen molar-refractivity contribution in [3.8, 4) is 0 Å². The van der Waals surface area contributed by atoms with Crippen LogP contribution in [0.2, 0.25) is 0 Å². The van der Waals surface area contributed by atoms with E-state index in [0.29, 0.717) is 19.2 Å². The van der Waals surface area contributed by atoms with Gasteiger partial charge in [0.2, 0.25) is 0 Å². The Labute approximate surface area is 129 Å². The highest BCUT2D eigenvalue weighted by atomic mass is 32.2. The number of hydrogen-bond donors (Lipinski definition) is 0. The van der Waals surface area contributed by atoms with Crippen molar-refractivity contribution in [2.45, 2.75) is 45.3 Å². The van der Waals surface area contributed by atoms with Gasteiger partial charge in [0, 0.05) is 45.9 Å². The highest BCUT2D eigenvalue weighted by Crippen LogP contribution is 2.17. The van der Waals surface area contributed by atoms with Gasteiger partial charge in [-0.3, -0.25) is 4.90 Å². The number of ether oxygens (including phenoxy) is 1. The van der Waals surface area contributed by atoms with Gasteiger partial charge < -0.3 is 4.74 Å². The molecular formula is C14H29N3O3S. The van der Waals surface area contributed by atoms with Crippen molar-refractivity contribution in [1.82, 2.24) is 13.5 Å². The Morgan fingerprint density at radius 2 is 1.95 bits per heavy atom. The normalized spacial score (nSPS) is 26.6. The van der Waals surface area contributed by atoms with Crippen LogP contribution in [-0.4, -0.2) is 80.5 Å². The quantitative estimate of drug-likeness (QED) is 0.751. The molecule has 2 saturated heterocycles. The molecular weight excluding hydrogens is 290 g/mol. The second-order valence-electron chi connectivity index (χ2n) is 6.31. The molecule has 2 fully saturated rings. The van der Waals surface area contributed by atoms with E-state index in [2.05, 4.69) is 4.90 Å². The SMILES string of the molecule is CC(C)N(C)S(=O)(=O)N1CCCN(C[C@@H]2CCCO2)CC1. The Bertz CT molecular complexity index is 421. The van der Waals surface area contributed by atoms with Gasteiger partial charge >= 0.3 is 0 Å². The van der Waals surface area contributed by atoms with Crippen molar-refractivity contribution in [3.05, 3.63) is 0 Å². The Hall–Kier alpha value is -0.210. The molecule has 1 atom stereocenters. The van der Waals surface area contributed by atoms with Gasteiger partial charge in [-0.2, -0.15) is 17.0 Å². The predicted octanol–water partition coefficient (Wildman–Crippen LogP) is 0.758. The molecule has 2 aliphatic heterocycles. The van der Waals surface area contributed by atoms with Crippen LogP contribution in [0, 0.1) is 0 Å². The second kappa shape index (κ2) is 7.37. The van der Waals surface area contributed by atoms with E-state index < -0.39 is 10.2 Å². The lowest BCUT2D eigenvalue weighted by Gasteiger charge is -2.29. The van der Waals surface area contributed by atoms with E-state index in [1.165, 1.54) is 4.31 Å². The molecule has 124 valence electrons. The van der Waals surface area contributed by atoms with Crippen molar-refractivity contribution in [3.63, 3.8) is 0 Å². The lowest BCUT2D eigenvalue weighted by atomic mass is 10.2. The predicted molar refractivity (Wildman–Crippen MR) is 83.4 cm³/mol. The fraction of sp³-hybridized carbons (Fsp3) is 1.00. The first-order chi connectivity index (χ1) is 9.91. The Kier molecular flexibility index (Phi) is 6.02. The minimum atomic E-state index is -3.33. The third kappa shape index (κ3) is 4.39. The summed E-state index contributed by atoms with van der Waals surface area (Å²) in [6, 6.07) is -0.0127. The van der Waals surface area contributed by atoms with Crippen molar-refractivity contribution in [1.29, 1.82) is 0 Å². The Morgan fingerprint density at radius 3 is 2.57 bits per heavy atom. The fourth-order valence-corrected chi connectivity index (χ4v) is 4.45. The van der Waals surface area contributed by atoms with Crippen LogP contribution < -0.4 is 0 Å². The smallest absolute Gasteiger partial charge is 0.282 e. The molecule has 21 heavy (non-hydrogen) atoms. The molecule has 0 radical (unpaired) electrons. The van der Waals surface area contributed by atoms with Crippen LogP contribution in [-0.2, 0) is 14.9 Å². The zero-order valence-electron chi connectivity index (χ0n) is 13.5. The van der Waals surface area contributed by atoms with Crippen molar-refractivity contribution >= 4 is 10.2 Å². The minimum absolute atomic E-state index is 0.0127. The summed E-state index contributed by atoms with van der Waals surface area (Å²) in [7, 11) is -1.66. The van der Waals surface area contributed by atoms with Crippen LogP contribution in [0.4, 0.5) is 0 Å². The topological polar surface area (TPSA) is 53.1 Å². The van der Waals surface area contributed by atoms with Crippen molar-refractivity contribution in [2.24, 2.45) is 0 Å². The van der Waals surface area contributed by atoms with Gasteiger partial charge in [0.05, 0.1) is 6.10 Å². The zero-order chi connectivity index (χ0) is 15.5. The summed E-state index contributed by atoms with van der Waals surface area (Å²) in [4.78, 5) is 2.35. The first-order valence-corrected chi connectivity index (χ1v) is 9.38. The van der Waals surface area contributed by atoms with Gasteiger partial charge in [0.25, 0.3) is 10.2 Å². The first kappa shape index (κ1) is 17.1. The maximum atomic E-state index is 12.5. The van der Waals surface area contributed by atoms with Crippen LogP contribution in [0.15, 0.2) is 0 Å². The highest BCUT2D eigenvalue weighted by molar-refractivity contribution is 7.86. The zero-order valence-corrected chi connectivity index (χ0v) is 14.3. The second-order valence-corrected chi connectivity index (χ2v) is 8.29. The lowest BCUT2D eigenvalue weighted by Crippen LogP contribution is -2.46. The number of nitrogens with zero attached hydrogens (tertiary/aromatic N) is 3. The summed E-state index contributed by atoms with van der Waals surface area (Å²) < 4.78 is 33.8. The van der Waals surface area contributed by atoms with E-state index in [9.17, 15) is 8.42 Å². The lowest BCUT2D eigenvalue weighted by molar-refractivity contribution is 0.0749. The van der Waals surface area contributed by atoms with Gasteiger partial charge in [-0.15, -0.1) is 0 Å². The summed E-state index contributed by atoms with van der Waals surface area (Å²) in [6.07, 6.45) is 3.51. The van der Waals surface area contributed by atoms with Crippen LogP contribution in [0.25, 0.3) is 0 Å². The number of hydrogen-bond acceptors (Lipinski definition) is 4. The molecule has 0 bridgehead atoms. The molecule has 2 heterocycles. The summed E-state index contributed by atoms with van der Waals surface area (Å²) in [5.74, 6) is 0. The molecule has 7 heteroatoms. The van der Waals surface area contributed by atoms with Crippen molar-refractivity contribution < 1.29 is 13.2 Å². The molecule has 0 aromatic carbocycles. The van der Waals surface area contributed by atoms with Gasteiger partial charge in [-0.25, -0.2) is 0 Å². The highest BCUT2D eigenvalue weighted by Gasteiger charge is 2.30. The monoisotopic (exact) mass is 319 g/mol. The van der Waals surface area contributed by atoms with Crippen LogP contribution in [0.1, 0.15) is 33.1 Å². The van der Waals surface area contributed by atoms with Gasteiger partial charge in [-0.1, -0.05) is 0 Å². The third-order valence-electron chi connectivity index (χ3n) is 4.45. The van der Waals surface area contributed by atoms with E-state index in [0.717, 1.165) is 45.5 Å². The van der Waals surface area contributed by atoms with E-state index in [1.807, 2.05) is 13.8 Å². The summed E-state index contributed by atoms with van der Waals surface area (Å²) in [6.45, 7) is 8.56. The molecule has 0 unspecified atom stereocenters. The molecule has 0 aliphatic carbocycles. The average molecular weight is 319 g/mol. The van der Waals surface area contributed by atoms with Gasteiger partial charge in [0.1, 0.15) is 0 Å². The van der Waals surface area contributed by atoms with E-state index in [1.54, 1.807) is 11.4 Å².